The van der Waals surface area contributed by atoms with E-state index >= 15 is 0 Å². The number of nitrogens with zero attached hydrogens (tertiary/aromatic N) is 2. The van der Waals surface area contributed by atoms with E-state index in [2.05, 4.69) is 47.7 Å². The molecule has 3 atom stereocenters. The van der Waals surface area contributed by atoms with Gasteiger partial charge in [-0.1, -0.05) is 30.7 Å². The highest BCUT2D eigenvalue weighted by molar-refractivity contribution is 7.17. The van der Waals surface area contributed by atoms with Gasteiger partial charge in [-0.2, -0.15) is 5.10 Å². The monoisotopic (exact) mass is 444 g/mol. The molecule has 1 saturated carbocycles. The van der Waals surface area contributed by atoms with Gasteiger partial charge in [0.25, 0.3) is 0 Å². The third-order valence-corrected chi connectivity index (χ3v) is 8.53. The highest BCUT2D eigenvalue weighted by Crippen LogP contribution is 2.55. The molecule has 2 aromatic carbocycles. The molecule has 2 aliphatic carbocycles. The highest BCUT2D eigenvalue weighted by atomic mass is 32.1. The number of thiophene rings is 1. The summed E-state index contributed by atoms with van der Waals surface area (Å²) in [4.78, 5) is 0. The summed E-state index contributed by atoms with van der Waals surface area (Å²) in [5, 5.41) is 19.6. The van der Waals surface area contributed by atoms with Crippen LogP contribution >= 0.6 is 11.3 Å². The number of aliphatic hydroxyl groups is 1. The standard InChI is InChI=1S/C27H25FN2OS/c1-27-14-17-15-29-30(20-11-9-19(28)10-12-20)24(17)13-18(27)5-4-7-23(27)26(31)22-16-32-25-8-3-2-6-21(22)25/h2-3,6,8-13,15-16,23,26,31H,4-5,7,14H2,1H3/t23-,26-,27+/m1/s1. The Labute approximate surface area is 190 Å². The highest BCUT2D eigenvalue weighted by Gasteiger charge is 2.46. The lowest BCUT2D eigenvalue weighted by Gasteiger charge is -2.47. The minimum atomic E-state index is -0.492. The van der Waals surface area contributed by atoms with Crippen LogP contribution in [0.15, 0.2) is 65.7 Å². The van der Waals surface area contributed by atoms with Crippen molar-refractivity contribution >= 4 is 27.5 Å². The maximum Gasteiger partial charge on any atom is 0.123 e. The molecule has 1 fully saturated rings. The van der Waals surface area contributed by atoms with Gasteiger partial charge >= 0.3 is 0 Å². The van der Waals surface area contributed by atoms with E-state index in [9.17, 15) is 9.50 Å². The van der Waals surface area contributed by atoms with E-state index in [-0.39, 0.29) is 17.2 Å². The number of aromatic nitrogens is 2. The van der Waals surface area contributed by atoms with Gasteiger partial charge in [-0.05, 0) is 95.3 Å². The molecule has 0 spiro atoms. The van der Waals surface area contributed by atoms with Crippen LogP contribution in [0.5, 0.6) is 0 Å². The number of aliphatic hydroxyl groups excluding tert-OH is 1. The molecule has 32 heavy (non-hydrogen) atoms. The molecule has 0 radical (unpaired) electrons. The van der Waals surface area contributed by atoms with E-state index in [1.807, 2.05) is 10.9 Å². The number of halogens is 1. The maximum absolute atomic E-state index is 13.4. The Balaban J connectivity index is 1.39. The zero-order chi connectivity index (χ0) is 21.9. The van der Waals surface area contributed by atoms with Gasteiger partial charge < -0.3 is 5.11 Å². The van der Waals surface area contributed by atoms with E-state index in [0.717, 1.165) is 42.6 Å². The van der Waals surface area contributed by atoms with Crippen molar-refractivity contribution in [2.75, 3.05) is 0 Å². The lowest BCUT2D eigenvalue weighted by atomic mass is 9.57. The lowest BCUT2D eigenvalue weighted by molar-refractivity contribution is 0.0228. The molecule has 4 aromatic rings. The van der Waals surface area contributed by atoms with Gasteiger partial charge in [0, 0.05) is 4.70 Å². The van der Waals surface area contributed by atoms with Gasteiger partial charge in [-0.15, -0.1) is 11.3 Å². The van der Waals surface area contributed by atoms with Crippen LogP contribution in [0.4, 0.5) is 4.39 Å². The van der Waals surface area contributed by atoms with Gasteiger partial charge in [-0.3, -0.25) is 0 Å². The van der Waals surface area contributed by atoms with Crippen LogP contribution in [0.3, 0.4) is 0 Å². The molecular weight excluding hydrogens is 419 g/mol. The molecule has 0 unspecified atom stereocenters. The fraction of sp³-hybridized carbons (Fsp3) is 0.296. The van der Waals surface area contributed by atoms with Crippen molar-refractivity contribution in [3.05, 3.63) is 88.3 Å². The van der Waals surface area contributed by atoms with Gasteiger partial charge in [-0.25, -0.2) is 9.07 Å². The van der Waals surface area contributed by atoms with Crippen molar-refractivity contribution in [1.82, 2.24) is 9.78 Å². The van der Waals surface area contributed by atoms with Gasteiger partial charge in [0.15, 0.2) is 0 Å². The molecule has 2 aromatic heterocycles. The van der Waals surface area contributed by atoms with E-state index in [4.69, 9.17) is 0 Å². The molecule has 162 valence electrons. The first-order valence-corrected chi connectivity index (χ1v) is 12.1. The molecule has 2 heterocycles. The van der Waals surface area contributed by atoms with E-state index < -0.39 is 6.10 Å². The Morgan fingerprint density at radius 2 is 2.00 bits per heavy atom. The van der Waals surface area contributed by atoms with Gasteiger partial charge in [0.2, 0.25) is 0 Å². The summed E-state index contributed by atoms with van der Waals surface area (Å²) >= 11 is 1.71. The number of benzene rings is 2. The number of hydrogen-bond acceptors (Lipinski definition) is 3. The topological polar surface area (TPSA) is 38.0 Å². The smallest absolute Gasteiger partial charge is 0.123 e. The van der Waals surface area contributed by atoms with Crippen LogP contribution in [-0.2, 0) is 6.42 Å². The molecule has 0 saturated heterocycles. The summed E-state index contributed by atoms with van der Waals surface area (Å²) in [6.45, 7) is 2.32. The first-order chi connectivity index (χ1) is 15.5. The molecule has 5 heteroatoms. The second-order valence-corrected chi connectivity index (χ2v) is 10.2. The average Bonchev–Trinajstić information content (AvgIpc) is 3.41. The van der Waals surface area contributed by atoms with Crippen molar-refractivity contribution in [2.24, 2.45) is 11.3 Å². The van der Waals surface area contributed by atoms with E-state index in [1.54, 1.807) is 23.5 Å². The molecule has 6 rings (SSSR count). The van der Waals surface area contributed by atoms with Crippen molar-refractivity contribution in [2.45, 2.75) is 38.7 Å². The van der Waals surface area contributed by atoms with Crippen LogP contribution in [0, 0.1) is 17.2 Å². The van der Waals surface area contributed by atoms with Crippen LogP contribution < -0.4 is 0 Å². The summed E-state index contributed by atoms with van der Waals surface area (Å²) in [7, 11) is 0. The largest absolute Gasteiger partial charge is 0.388 e. The van der Waals surface area contributed by atoms with Crippen molar-refractivity contribution < 1.29 is 9.50 Å². The summed E-state index contributed by atoms with van der Waals surface area (Å²) in [5.74, 6) is -0.0893. The Bertz CT molecular complexity index is 1340. The van der Waals surface area contributed by atoms with E-state index in [0.29, 0.717) is 0 Å². The second-order valence-electron chi connectivity index (χ2n) is 9.34. The zero-order valence-corrected chi connectivity index (χ0v) is 18.8. The number of fused-ring (bicyclic) bond motifs is 3. The van der Waals surface area contributed by atoms with Crippen molar-refractivity contribution in [3.8, 4) is 5.69 Å². The summed E-state index contributed by atoms with van der Waals surface area (Å²) in [6.07, 6.45) is 7.71. The molecule has 3 nitrogen and oxygen atoms in total. The first kappa shape index (κ1) is 19.9. The minimum Gasteiger partial charge on any atom is -0.388 e. The molecule has 0 bridgehead atoms. The fourth-order valence-electron chi connectivity index (χ4n) is 5.82. The number of rotatable bonds is 3. The molecule has 0 aliphatic heterocycles. The van der Waals surface area contributed by atoms with Crippen LogP contribution in [-0.4, -0.2) is 14.9 Å². The van der Waals surface area contributed by atoms with Crippen molar-refractivity contribution in [3.63, 3.8) is 0 Å². The summed E-state index contributed by atoms with van der Waals surface area (Å²) in [6, 6.07) is 14.8. The van der Waals surface area contributed by atoms with E-state index in [1.165, 1.54) is 33.4 Å². The molecule has 1 N–H and O–H groups in total. The predicted octanol–water partition coefficient (Wildman–Crippen LogP) is 6.71. The molecular formula is C27H25FN2OS. The zero-order valence-electron chi connectivity index (χ0n) is 18.0. The van der Waals surface area contributed by atoms with Crippen LogP contribution in [0.2, 0.25) is 0 Å². The fourth-order valence-corrected chi connectivity index (χ4v) is 6.81. The third-order valence-electron chi connectivity index (χ3n) is 7.55. The quantitative estimate of drug-likeness (QED) is 0.382. The second kappa shape index (κ2) is 7.39. The average molecular weight is 445 g/mol. The molecule has 0 amide bonds. The predicted molar refractivity (Wildman–Crippen MR) is 127 cm³/mol. The SMILES string of the molecule is C[C@]12Cc3cnn(-c4ccc(F)cc4)c3C=C1CCC[C@@H]2[C@H](O)c1csc2ccccc12. The Hall–Kier alpha value is -2.76. The maximum atomic E-state index is 13.4. The summed E-state index contributed by atoms with van der Waals surface area (Å²) in [5.41, 5.74) is 5.49. The van der Waals surface area contributed by atoms with Crippen molar-refractivity contribution in [1.29, 1.82) is 0 Å². The summed E-state index contributed by atoms with van der Waals surface area (Å²) < 4.78 is 16.5. The number of allylic oxidation sites excluding steroid dienone is 1. The van der Waals surface area contributed by atoms with Gasteiger partial charge in [0.1, 0.15) is 5.82 Å². The Morgan fingerprint density at radius 1 is 1.19 bits per heavy atom. The Morgan fingerprint density at radius 3 is 2.84 bits per heavy atom. The van der Waals surface area contributed by atoms with Crippen LogP contribution in [0.25, 0.3) is 21.8 Å². The minimum absolute atomic E-state index is 0.107. The van der Waals surface area contributed by atoms with Gasteiger partial charge in [0.05, 0.1) is 23.7 Å². The van der Waals surface area contributed by atoms with Crippen LogP contribution in [0.1, 0.15) is 49.1 Å². The molecule has 2 aliphatic rings. The first-order valence-electron chi connectivity index (χ1n) is 11.2. The normalized spacial score (nSPS) is 23.5. The number of hydrogen-bond donors (Lipinski definition) is 1. The lowest BCUT2D eigenvalue weighted by Crippen LogP contribution is -2.40. The Kier molecular flexibility index (Phi) is 4.60. The third kappa shape index (κ3) is 2.99.